The van der Waals surface area contributed by atoms with Crippen molar-refractivity contribution in [3.05, 3.63) is 22.8 Å². The number of hydrogen-bond acceptors (Lipinski definition) is 3. The van der Waals surface area contributed by atoms with Crippen molar-refractivity contribution in [3.63, 3.8) is 0 Å². The molecule has 2 rings (SSSR count). The molecule has 3 nitrogen and oxygen atoms in total. The van der Waals surface area contributed by atoms with Gasteiger partial charge in [-0.1, -0.05) is 26.7 Å². The third-order valence-corrected chi connectivity index (χ3v) is 4.80. The van der Waals surface area contributed by atoms with Crippen molar-refractivity contribution in [1.29, 1.82) is 0 Å². The van der Waals surface area contributed by atoms with Gasteiger partial charge in [0.15, 0.2) is 0 Å². The lowest BCUT2D eigenvalue weighted by atomic mass is 9.82. The molecule has 0 aromatic carbocycles. The first-order chi connectivity index (χ1) is 10.1. The molecule has 0 saturated heterocycles. The summed E-state index contributed by atoms with van der Waals surface area (Å²) in [5.41, 5.74) is 3.72. The molecule has 0 radical (unpaired) electrons. The predicted molar refractivity (Wildman–Crippen MR) is 88.7 cm³/mol. The number of nitrogens with zero attached hydrogens (tertiary/aromatic N) is 2. The maximum absolute atomic E-state index is 4.84. The van der Waals surface area contributed by atoms with Crippen LogP contribution in [0.25, 0.3) is 0 Å². The Balaban J connectivity index is 2.02. The highest BCUT2D eigenvalue weighted by molar-refractivity contribution is 5.25. The molecule has 1 saturated carbocycles. The summed E-state index contributed by atoms with van der Waals surface area (Å²) >= 11 is 0. The number of nitrogens with one attached hydrogen (secondary N) is 1. The van der Waals surface area contributed by atoms with Crippen molar-refractivity contribution in [2.75, 3.05) is 13.1 Å². The highest BCUT2D eigenvalue weighted by Gasteiger charge is 2.23. The second-order valence-electron chi connectivity index (χ2n) is 6.69. The zero-order valence-electron chi connectivity index (χ0n) is 14.2. The lowest BCUT2D eigenvalue weighted by Crippen LogP contribution is -2.20. The average Bonchev–Trinajstić information content (AvgIpc) is 2.46. The lowest BCUT2D eigenvalue weighted by Gasteiger charge is -2.25. The van der Waals surface area contributed by atoms with Crippen LogP contribution in [0.15, 0.2) is 0 Å². The SMILES string of the molecule is CCCNCCc1c(C)nc(C2CCC(C)CC2)nc1C. The molecule has 0 amide bonds. The van der Waals surface area contributed by atoms with Gasteiger partial charge in [-0.05, 0) is 64.1 Å². The molecule has 0 aliphatic heterocycles. The van der Waals surface area contributed by atoms with Crippen LogP contribution in [0.2, 0.25) is 0 Å². The van der Waals surface area contributed by atoms with Crippen LogP contribution in [0.4, 0.5) is 0 Å². The molecule has 3 heteroatoms. The van der Waals surface area contributed by atoms with Gasteiger partial charge in [0, 0.05) is 17.3 Å². The smallest absolute Gasteiger partial charge is 0.131 e. The summed E-state index contributed by atoms with van der Waals surface area (Å²) < 4.78 is 0. The topological polar surface area (TPSA) is 37.8 Å². The molecule has 1 aromatic rings. The second kappa shape index (κ2) is 7.88. The maximum Gasteiger partial charge on any atom is 0.131 e. The fourth-order valence-electron chi connectivity index (χ4n) is 3.34. The van der Waals surface area contributed by atoms with E-state index in [4.69, 9.17) is 9.97 Å². The Morgan fingerprint density at radius 2 is 1.62 bits per heavy atom. The fraction of sp³-hybridized carbons (Fsp3) is 0.778. The van der Waals surface area contributed by atoms with Gasteiger partial charge in [0.1, 0.15) is 5.82 Å². The highest BCUT2D eigenvalue weighted by atomic mass is 14.9. The number of hydrogen-bond donors (Lipinski definition) is 1. The third kappa shape index (κ3) is 4.50. The van der Waals surface area contributed by atoms with Gasteiger partial charge in [0.2, 0.25) is 0 Å². The van der Waals surface area contributed by atoms with E-state index < -0.39 is 0 Å². The highest BCUT2D eigenvalue weighted by Crippen LogP contribution is 2.34. The average molecular weight is 289 g/mol. The Bertz CT molecular complexity index is 425. The van der Waals surface area contributed by atoms with Crippen molar-refractivity contribution in [2.45, 2.75) is 72.1 Å². The van der Waals surface area contributed by atoms with Gasteiger partial charge in [0.05, 0.1) is 0 Å². The van der Waals surface area contributed by atoms with E-state index in [-0.39, 0.29) is 0 Å². The second-order valence-corrected chi connectivity index (χ2v) is 6.69. The first kappa shape index (κ1) is 16.4. The molecule has 0 bridgehead atoms. The predicted octanol–water partition coefficient (Wildman–Crippen LogP) is 3.93. The van der Waals surface area contributed by atoms with Gasteiger partial charge in [-0.2, -0.15) is 0 Å². The van der Waals surface area contributed by atoms with Gasteiger partial charge in [-0.15, -0.1) is 0 Å². The van der Waals surface area contributed by atoms with Crippen LogP contribution < -0.4 is 5.32 Å². The van der Waals surface area contributed by atoms with Gasteiger partial charge < -0.3 is 5.32 Å². The van der Waals surface area contributed by atoms with E-state index in [9.17, 15) is 0 Å². The minimum atomic E-state index is 0.589. The van der Waals surface area contributed by atoms with Crippen LogP contribution >= 0.6 is 0 Å². The number of aromatic nitrogens is 2. The molecule has 0 unspecified atom stereocenters. The molecule has 1 heterocycles. The maximum atomic E-state index is 4.84. The largest absolute Gasteiger partial charge is 0.316 e. The molecular weight excluding hydrogens is 258 g/mol. The van der Waals surface area contributed by atoms with Gasteiger partial charge in [-0.3, -0.25) is 0 Å². The Morgan fingerprint density at radius 1 is 1.00 bits per heavy atom. The van der Waals surface area contributed by atoms with Crippen LogP contribution in [0.1, 0.15) is 74.6 Å². The summed E-state index contributed by atoms with van der Waals surface area (Å²) in [4.78, 5) is 9.69. The summed E-state index contributed by atoms with van der Waals surface area (Å²) in [6, 6.07) is 0. The van der Waals surface area contributed by atoms with Crippen molar-refractivity contribution in [1.82, 2.24) is 15.3 Å². The van der Waals surface area contributed by atoms with Gasteiger partial charge in [0.25, 0.3) is 0 Å². The van der Waals surface area contributed by atoms with Crippen LogP contribution in [0, 0.1) is 19.8 Å². The van der Waals surface area contributed by atoms with Crippen molar-refractivity contribution in [2.24, 2.45) is 5.92 Å². The molecular formula is C18H31N3. The zero-order chi connectivity index (χ0) is 15.2. The standard InChI is InChI=1S/C18H31N3/c1-5-11-19-12-10-17-14(3)20-18(21-15(17)4)16-8-6-13(2)7-9-16/h13,16,19H,5-12H2,1-4H3. The third-order valence-electron chi connectivity index (χ3n) is 4.80. The molecule has 1 N–H and O–H groups in total. The molecule has 0 atom stereocenters. The molecule has 1 fully saturated rings. The number of aryl methyl sites for hydroxylation is 2. The summed E-state index contributed by atoms with van der Waals surface area (Å²) in [5, 5.41) is 3.47. The van der Waals surface area contributed by atoms with E-state index in [0.717, 1.165) is 31.3 Å². The van der Waals surface area contributed by atoms with E-state index >= 15 is 0 Å². The summed E-state index contributed by atoms with van der Waals surface area (Å²) in [6.07, 6.45) is 7.41. The van der Waals surface area contributed by atoms with E-state index in [0.29, 0.717) is 5.92 Å². The zero-order valence-corrected chi connectivity index (χ0v) is 14.2. The molecule has 1 aliphatic carbocycles. The first-order valence-electron chi connectivity index (χ1n) is 8.66. The quantitative estimate of drug-likeness (QED) is 0.806. The van der Waals surface area contributed by atoms with E-state index in [2.05, 4.69) is 33.0 Å². The molecule has 1 aromatic heterocycles. The van der Waals surface area contributed by atoms with E-state index in [1.807, 2.05) is 0 Å². The van der Waals surface area contributed by atoms with Crippen LogP contribution in [-0.2, 0) is 6.42 Å². The summed E-state index contributed by atoms with van der Waals surface area (Å²) in [5.74, 6) is 2.57. The first-order valence-corrected chi connectivity index (χ1v) is 8.66. The molecule has 118 valence electrons. The Kier molecular flexibility index (Phi) is 6.16. The monoisotopic (exact) mass is 289 g/mol. The molecule has 1 aliphatic rings. The van der Waals surface area contributed by atoms with Crippen molar-refractivity contribution in [3.8, 4) is 0 Å². The van der Waals surface area contributed by atoms with Crippen molar-refractivity contribution < 1.29 is 0 Å². The minimum absolute atomic E-state index is 0.589. The van der Waals surface area contributed by atoms with Crippen LogP contribution in [0.5, 0.6) is 0 Å². The summed E-state index contributed by atoms with van der Waals surface area (Å²) in [6.45, 7) is 11.0. The fourth-order valence-corrected chi connectivity index (χ4v) is 3.34. The van der Waals surface area contributed by atoms with Crippen LogP contribution in [0.3, 0.4) is 0 Å². The molecule has 21 heavy (non-hydrogen) atoms. The van der Waals surface area contributed by atoms with E-state index in [1.165, 1.54) is 49.1 Å². The number of rotatable bonds is 6. The normalized spacial score (nSPS) is 22.5. The van der Waals surface area contributed by atoms with Gasteiger partial charge in [-0.25, -0.2) is 9.97 Å². The van der Waals surface area contributed by atoms with Crippen LogP contribution in [-0.4, -0.2) is 23.1 Å². The van der Waals surface area contributed by atoms with Gasteiger partial charge >= 0.3 is 0 Å². The molecule has 0 spiro atoms. The minimum Gasteiger partial charge on any atom is -0.316 e. The van der Waals surface area contributed by atoms with Crippen molar-refractivity contribution >= 4 is 0 Å². The Hall–Kier alpha value is -0.960. The summed E-state index contributed by atoms with van der Waals surface area (Å²) in [7, 11) is 0. The van der Waals surface area contributed by atoms with E-state index in [1.54, 1.807) is 0 Å². The lowest BCUT2D eigenvalue weighted by molar-refractivity contribution is 0.339. The Labute approximate surface area is 130 Å². The Morgan fingerprint density at radius 3 is 2.19 bits per heavy atom.